The number of rotatable bonds is 58. The van der Waals surface area contributed by atoms with Crippen molar-refractivity contribution in [3.63, 3.8) is 0 Å². The topological polar surface area (TPSA) is 228 Å². The van der Waals surface area contributed by atoms with Gasteiger partial charge in [-0.2, -0.15) is 0 Å². The molecule has 1 amide bonds. The summed E-state index contributed by atoms with van der Waals surface area (Å²) < 4.78 is 22.9. The largest absolute Gasteiger partial charge is 0.394 e. The van der Waals surface area contributed by atoms with Crippen LogP contribution in [0.25, 0.3) is 0 Å². The maximum atomic E-state index is 13.4. The molecule has 12 atom stereocenters. The summed E-state index contributed by atoms with van der Waals surface area (Å²) in [5.74, 6) is -0.204. The third-order valence-corrected chi connectivity index (χ3v) is 17.2. The molecule has 0 aromatic rings. The molecule has 12 unspecified atom stereocenters. The van der Waals surface area contributed by atoms with Gasteiger partial charge < -0.3 is 65.1 Å². The molecule has 0 bridgehead atoms. The summed E-state index contributed by atoms with van der Waals surface area (Å²) in [6, 6.07) is -0.832. The third kappa shape index (κ3) is 40.4. The molecule has 2 saturated heterocycles. The minimum atomic E-state index is -1.78. The van der Waals surface area contributed by atoms with Gasteiger partial charge in [-0.1, -0.05) is 293 Å². The molecule has 9 N–H and O–H groups in total. The number of allylic oxidation sites excluding steroid dienone is 10. The summed E-state index contributed by atoms with van der Waals surface area (Å²) in [4.78, 5) is 13.4. The van der Waals surface area contributed by atoms with Gasteiger partial charge >= 0.3 is 0 Å². The Labute approximate surface area is 524 Å². The van der Waals surface area contributed by atoms with Gasteiger partial charge in [-0.15, -0.1) is 0 Å². The Morgan fingerprint density at radius 2 is 0.802 bits per heavy atom. The Morgan fingerprint density at radius 3 is 1.23 bits per heavy atom. The Kier molecular flexibility index (Phi) is 52.6. The first-order chi connectivity index (χ1) is 42.1. The predicted octanol–water partition coefficient (Wildman–Crippen LogP) is 14.5. The van der Waals surface area contributed by atoms with Crippen LogP contribution in [-0.4, -0.2) is 140 Å². The lowest BCUT2D eigenvalue weighted by Crippen LogP contribution is -2.65. The van der Waals surface area contributed by atoms with E-state index in [9.17, 15) is 45.6 Å². The molecule has 14 nitrogen and oxygen atoms in total. The van der Waals surface area contributed by atoms with E-state index >= 15 is 0 Å². The first kappa shape index (κ1) is 79.8. The number of hydrogen-bond donors (Lipinski definition) is 9. The zero-order chi connectivity index (χ0) is 62.3. The van der Waals surface area contributed by atoms with E-state index in [1.165, 1.54) is 186 Å². The SMILES string of the molecule is CC/C=C\C/C=C\C/C=C\C/C=C\C/C=C\CCCCCCCCCCCCCCCCCC(=O)NC(COC1OC(CO)C(OC2OC(CO)C(O)C(O)C2O)C(O)C1O)C(O)CCCCCCCCCCCCCCCCCCCCCCC. The molecular formula is C72H131NO13. The fourth-order valence-electron chi connectivity index (χ4n) is 11.6. The lowest BCUT2D eigenvalue weighted by atomic mass is 9.97. The minimum Gasteiger partial charge on any atom is -0.394 e. The van der Waals surface area contributed by atoms with Gasteiger partial charge in [0.25, 0.3) is 0 Å². The maximum Gasteiger partial charge on any atom is 0.220 e. The molecule has 0 aromatic heterocycles. The number of unbranched alkanes of at least 4 members (excludes halogenated alkanes) is 35. The average molecular weight is 1220 g/mol. The van der Waals surface area contributed by atoms with Gasteiger partial charge in [0.05, 0.1) is 32.0 Å². The fraction of sp³-hybridized carbons (Fsp3) is 0.847. The van der Waals surface area contributed by atoms with Crippen LogP contribution >= 0.6 is 0 Å². The van der Waals surface area contributed by atoms with E-state index in [-0.39, 0.29) is 12.5 Å². The fourth-order valence-corrected chi connectivity index (χ4v) is 11.6. The van der Waals surface area contributed by atoms with E-state index in [0.717, 1.165) is 83.5 Å². The van der Waals surface area contributed by atoms with Gasteiger partial charge in [0, 0.05) is 6.42 Å². The molecule has 2 aliphatic heterocycles. The highest BCUT2D eigenvalue weighted by molar-refractivity contribution is 5.76. The molecule has 0 radical (unpaired) electrons. The number of carbonyl (C=O) groups excluding carboxylic acids is 1. The first-order valence-electron chi connectivity index (χ1n) is 35.5. The molecular weight excluding hydrogens is 1090 g/mol. The van der Waals surface area contributed by atoms with E-state index in [1.807, 2.05) is 0 Å². The number of aliphatic hydroxyl groups is 8. The summed E-state index contributed by atoms with van der Waals surface area (Å²) in [5, 5.41) is 87.6. The quantitative estimate of drug-likeness (QED) is 0.0204. The highest BCUT2D eigenvalue weighted by atomic mass is 16.7. The third-order valence-electron chi connectivity index (χ3n) is 17.2. The van der Waals surface area contributed by atoms with Crippen LogP contribution in [0.5, 0.6) is 0 Å². The molecule has 14 heteroatoms. The van der Waals surface area contributed by atoms with Crippen LogP contribution in [0, 0.1) is 0 Å². The zero-order valence-electron chi connectivity index (χ0n) is 54.6. The van der Waals surface area contributed by atoms with Gasteiger partial charge in [0.2, 0.25) is 5.91 Å². The Morgan fingerprint density at radius 1 is 0.430 bits per heavy atom. The number of nitrogens with one attached hydrogen (secondary N) is 1. The molecule has 0 aliphatic carbocycles. The highest BCUT2D eigenvalue weighted by Gasteiger charge is 2.51. The molecule has 0 spiro atoms. The molecule has 2 heterocycles. The van der Waals surface area contributed by atoms with Crippen molar-refractivity contribution >= 4 is 5.91 Å². The van der Waals surface area contributed by atoms with Crippen LogP contribution in [0.15, 0.2) is 60.8 Å². The average Bonchev–Trinajstić information content (AvgIpc) is 2.54. The smallest absolute Gasteiger partial charge is 0.220 e. The van der Waals surface area contributed by atoms with E-state index < -0.39 is 86.8 Å². The lowest BCUT2D eigenvalue weighted by molar-refractivity contribution is -0.359. The van der Waals surface area contributed by atoms with Crippen LogP contribution in [0.2, 0.25) is 0 Å². The van der Waals surface area contributed by atoms with Crippen LogP contribution in [0.3, 0.4) is 0 Å². The van der Waals surface area contributed by atoms with Crippen LogP contribution in [0.1, 0.15) is 296 Å². The Hall–Kier alpha value is -2.31. The number of ether oxygens (including phenoxy) is 4. The second kappa shape index (κ2) is 56.7. The highest BCUT2D eigenvalue weighted by Crippen LogP contribution is 2.30. The molecule has 2 aliphatic rings. The van der Waals surface area contributed by atoms with Crippen molar-refractivity contribution in [1.29, 1.82) is 0 Å². The first-order valence-corrected chi connectivity index (χ1v) is 35.5. The number of hydrogen-bond acceptors (Lipinski definition) is 13. The Bertz CT molecular complexity index is 1670. The van der Waals surface area contributed by atoms with E-state index in [1.54, 1.807) is 0 Å². The van der Waals surface area contributed by atoms with Crippen LogP contribution in [-0.2, 0) is 23.7 Å². The van der Waals surface area contributed by atoms with Crippen molar-refractivity contribution in [3.8, 4) is 0 Å². The lowest BCUT2D eigenvalue weighted by Gasteiger charge is -2.46. The van der Waals surface area contributed by atoms with Crippen LogP contribution in [0.4, 0.5) is 0 Å². The summed E-state index contributed by atoms with van der Waals surface area (Å²) in [7, 11) is 0. The predicted molar refractivity (Wildman–Crippen MR) is 350 cm³/mol. The van der Waals surface area contributed by atoms with Crippen molar-refractivity contribution in [2.24, 2.45) is 0 Å². The molecule has 2 fully saturated rings. The van der Waals surface area contributed by atoms with Crippen molar-refractivity contribution in [2.75, 3.05) is 19.8 Å². The monoisotopic (exact) mass is 1220 g/mol. The second-order valence-electron chi connectivity index (χ2n) is 25.0. The molecule has 0 aromatic carbocycles. The Balaban J connectivity index is 1.65. The number of amides is 1. The molecule has 502 valence electrons. The summed E-state index contributed by atoms with van der Waals surface area (Å²) >= 11 is 0. The van der Waals surface area contributed by atoms with Crippen molar-refractivity contribution in [3.05, 3.63) is 60.8 Å². The van der Waals surface area contributed by atoms with Gasteiger partial charge in [-0.05, 0) is 57.8 Å². The molecule has 0 saturated carbocycles. The number of carbonyl (C=O) groups is 1. The summed E-state index contributed by atoms with van der Waals surface area (Å²) in [6.45, 7) is 2.79. The standard InChI is InChI=1S/C72H131NO13/c1-3-5-7-9-11-13-15-17-19-21-23-25-26-27-28-29-30-31-32-33-34-36-38-40-42-44-46-48-50-52-54-56-64(77)73-60(61(76)55-53-51-49-47-45-43-41-39-37-35-24-22-20-18-16-14-12-10-8-6-4-2)59-83-71-69(82)67(80)70(63(58-75)85-71)86-72-68(81)66(79)65(78)62(57-74)84-72/h5,7,11,13,17,19,23,25,27-28,60-63,65-72,74-76,78-82H,3-4,6,8-10,12,14-16,18,20-22,24,26,29-59H2,1-2H3,(H,73,77)/b7-5-,13-11-,19-17-,25-23-,28-27-. The van der Waals surface area contributed by atoms with Gasteiger partial charge in [0.15, 0.2) is 12.6 Å². The summed E-state index contributed by atoms with van der Waals surface area (Å²) in [5.41, 5.74) is 0. The van der Waals surface area contributed by atoms with Crippen molar-refractivity contribution in [2.45, 2.75) is 370 Å². The van der Waals surface area contributed by atoms with Crippen LogP contribution < -0.4 is 5.32 Å². The second-order valence-corrected chi connectivity index (χ2v) is 25.0. The van der Waals surface area contributed by atoms with E-state index in [2.05, 4.69) is 79.9 Å². The van der Waals surface area contributed by atoms with E-state index in [4.69, 9.17) is 18.9 Å². The summed E-state index contributed by atoms with van der Waals surface area (Å²) in [6.07, 6.45) is 58.0. The van der Waals surface area contributed by atoms with Gasteiger partial charge in [-0.25, -0.2) is 0 Å². The maximum absolute atomic E-state index is 13.4. The van der Waals surface area contributed by atoms with E-state index in [0.29, 0.717) is 12.8 Å². The minimum absolute atomic E-state index is 0.204. The molecule has 2 rings (SSSR count). The number of aliphatic hydroxyl groups excluding tert-OH is 8. The zero-order valence-corrected chi connectivity index (χ0v) is 54.6. The molecule has 86 heavy (non-hydrogen) atoms. The normalized spacial score (nSPS) is 23.7. The van der Waals surface area contributed by atoms with Crippen molar-refractivity contribution < 1.29 is 64.6 Å². The van der Waals surface area contributed by atoms with Crippen molar-refractivity contribution in [1.82, 2.24) is 5.32 Å². The van der Waals surface area contributed by atoms with Gasteiger partial charge in [0.1, 0.15) is 48.8 Å². The van der Waals surface area contributed by atoms with Gasteiger partial charge in [-0.3, -0.25) is 4.79 Å².